The standard InChI is InChI=1S/C14H17N3O3.C12H14F5N3O4S.C12H20N4O2/c1-7(2)14(4)13(20)16-11(17-14)10-9(12(18)19)5-8(3)6-15-10;1-11(2)4-7(19-24-11)25(21,22)5-6-8(12(15,16)17)18-20(3)9(6)23-10(13)14;1-14(2)10-13-11(17)16(12(18)15(10)3)9-7-5-4-6-8-9/h5-7H,1-4H3,(H,18,19)(H,16,17,20);10H,4-5H2,1-3H3;9H,4-8H2,1-3H3. The Hall–Kier alpha value is -5.75. The second kappa shape index (κ2) is 18.9. The second-order valence-corrected chi connectivity index (χ2v) is 18.4. The number of carbonyl (C=O) groups excluding carboxylic acids is 1. The summed E-state index contributed by atoms with van der Waals surface area (Å²) >= 11 is 0. The molecule has 3 aromatic heterocycles. The molecule has 1 aliphatic carbocycles. The Morgan fingerprint density at radius 3 is 2.21 bits per heavy atom. The van der Waals surface area contributed by atoms with Crippen LogP contribution in [0.15, 0.2) is 32.0 Å². The van der Waals surface area contributed by atoms with E-state index in [1.54, 1.807) is 46.1 Å². The topological polar surface area (TPSA) is 235 Å². The first-order valence-electron chi connectivity index (χ1n) is 19.5. The van der Waals surface area contributed by atoms with Gasteiger partial charge in [-0.3, -0.25) is 14.3 Å². The van der Waals surface area contributed by atoms with E-state index in [2.05, 4.69) is 35.3 Å². The van der Waals surface area contributed by atoms with E-state index in [-0.39, 0.29) is 47.1 Å². The van der Waals surface area contributed by atoms with Gasteiger partial charge in [-0.05, 0) is 58.1 Å². The van der Waals surface area contributed by atoms with E-state index in [9.17, 15) is 54.7 Å². The number of aromatic carboxylic acids is 1. The van der Waals surface area contributed by atoms with Crippen molar-refractivity contribution in [3.8, 4) is 5.88 Å². The average molecular weight is 919 g/mol. The number of aromatic nitrogens is 6. The number of aliphatic imine (C=N–C) groups is 1. The predicted molar refractivity (Wildman–Crippen MR) is 219 cm³/mol. The average Bonchev–Trinajstić information content (AvgIpc) is 3.82. The van der Waals surface area contributed by atoms with Gasteiger partial charge in [-0.15, -0.1) is 0 Å². The first-order valence-corrected chi connectivity index (χ1v) is 21.2. The Morgan fingerprint density at radius 2 is 1.71 bits per heavy atom. The summed E-state index contributed by atoms with van der Waals surface area (Å²) in [4.78, 5) is 66.7. The van der Waals surface area contributed by atoms with Gasteiger partial charge in [0.05, 0.1) is 16.9 Å². The third-order valence-electron chi connectivity index (χ3n) is 10.4. The monoisotopic (exact) mass is 918 g/mol. The predicted octanol–water partition coefficient (Wildman–Crippen LogP) is 4.36. The van der Waals surface area contributed by atoms with Crippen LogP contribution in [0.5, 0.6) is 5.88 Å². The van der Waals surface area contributed by atoms with Crippen molar-refractivity contribution in [3.63, 3.8) is 0 Å². The molecule has 3 aliphatic rings. The molecule has 1 unspecified atom stereocenters. The summed E-state index contributed by atoms with van der Waals surface area (Å²) < 4.78 is 96.2. The molecule has 63 heavy (non-hydrogen) atoms. The van der Waals surface area contributed by atoms with E-state index in [1.807, 2.05) is 13.8 Å². The molecular formula is C38H51F5N10O9S. The van der Waals surface area contributed by atoms with Crippen molar-refractivity contribution in [1.29, 1.82) is 0 Å². The zero-order valence-corrected chi connectivity index (χ0v) is 37.2. The van der Waals surface area contributed by atoms with Gasteiger partial charge >= 0.3 is 30.1 Å². The van der Waals surface area contributed by atoms with Gasteiger partial charge < -0.3 is 24.9 Å². The molecule has 19 nitrogen and oxygen atoms in total. The van der Waals surface area contributed by atoms with Crippen molar-refractivity contribution in [2.45, 2.75) is 116 Å². The van der Waals surface area contributed by atoms with E-state index < -0.39 is 73.4 Å². The Bertz CT molecular complexity index is 2510. The number of hydrogen-bond acceptors (Lipinski definition) is 14. The normalized spacial score (nSPS) is 18.7. The number of amides is 1. The van der Waals surface area contributed by atoms with Crippen LogP contribution in [0.1, 0.15) is 112 Å². The van der Waals surface area contributed by atoms with Gasteiger partial charge in [-0.25, -0.2) is 37.0 Å². The van der Waals surface area contributed by atoms with Gasteiger partial charge in [0.15, 0.2) is 26.4 Å². The number of carbonyl (C=O) groups is 2. The molecule has 6 rings (SSSR count). The number of ether oxygens (including phenoxy) is 1. The van der Waals surface area contributed by atoms with E-state index in [4.69, 9.17) is 4.84 Å². The highest BCUT2D eigenvalue weighted by atomic mass is 32.2. The van der Waals surface area contributed by atoms with Crippen LogP contribution < -0.4 is 26.3 Å². The highest BCUT2D eigenvalue weighted by molar-refractivity contribution is 8.05. The summed E-state index contributed by atoms with van der Waals surface area (Å²) in [5, 5.41) is 17.9. The fraction of sp³-hybridized carbons (Fsp3) is 0.605. The number of nitrogens with one attached hydrogen (secondary N) is 1. The van der Waals surface area contributed by atoms with Gasteiger partial charge in [0.2, 0.25) is 11.8 Å². The van der Waals surface area contributed by atoms with Gasteiger partial charge in [-0.1, -0.05) is 38.3 Å². The lowest BCUT2D eigenvalue weighted by Gasteiger charge is -2.24. The number of aryl methyl sites for hydroxylation is 2. The quantitative estimate of drug-likeness (QED) is 0.285. The summed E-state index contributed by atoms with van der Waals surface area (Å²) in [6.07, 6.45) is 1.49. The van der Waals surface area contributed by atoms with Crippen molar-refractivity contribution in [1.82, 2.24) is 34.2 Å². The number of carboxylic acid groups (broad SMARTS) is 1. The molecular weight excluding hydrogens is 868 g/mol. The van der Waals surface area contributed by atoms with Crippen molar-refractivity contribution in [3.05, 3.63) is 61.3 Å². The van der Waals surface area contributed by atoms with Crippen molar-refractivity contribution < 1.29 is 54.6 Å². The summed E-state index contributed by atoms with van der Waals surface area (Å²) in [6.45, 7) is 6.90. The van der Waals surface area contributed by atoms with Crippen LogP contribution in [0.4, 0.5) is 27.9 Å². The third kappa shape index (κ3) is 11.4. The molecule has 2 N–H and O–H groups in total. The van der Waals surface area contributed by atoms with Crippen LogP contribution >= 0.6 is 0 Å². The fourth-order valence-corrected chi connectivity index (χ4v) is 8.27. The molecule has 0 spiro atoms. The number of rotatable bonds is 9. The largest absolute Gasteiger partial charge is 0.478 e. The lowest BCUT2D eigenvalue weighted by molar-refractivity contribution is -0.142. The number of carboxylic acids is 1. The van der Waals surface area contributed by atoms with Crippen molar-refractivity contribution in [2.75, 3.05) is 19.0 Å². The second-order valence-electron chi connectivity index (χ2n) is 16.4. The van der Waals surface area contributed by atoms with Crippen LogP contribution in [0, 0.1) is 12.8 Å². The summed E-state index contributed by atoms with van der Waals surface area (Å²) in [6, 6.07) is 1.54. The number of nitrogens with zero attached hydrogens (tertiary/aromatic N) is 9. The number of alkyl halides is 5. The molecule has 1 amide bonds. The summed E-state index contributed by atoms with van der Waals surface area (Å²) in [7, 11) is 1.76. The van der Waals surface area contributed by atoms with Gasteiger partial charge in [0, 0.05) is 46.9 Å². The van der Waals surface area contributed by atoms with E-state index >= 15 is 0 Å². The van der Waals surface area contributed by atoms with E-state index in [0.717, 1.165) is 38.3 Å². The number of oxime groups is 1. The number of halogens is 5. The molecule has 3 aromatic rings. The molecule has 348 valence electrons. The molecule has 1 saturated carbocycles. The molecule has 1 atom stereocenters. The highest BCUT2D eigenvalue weighted by Crippen LogP contribution is 2.38. The summed E-state index contributed by atoms with van der Waals surface area (Å²) in [5.41, 5.74) is -4.17. The van der Waals surface area contributed by atoms with Gasteiger partial charge in [0.25, 0.3) is 5.91 Å². The molecule has 1 fully saturated rings. The van der Waals surface area contributed by atoms with Crippen LogP contribution in [-0.4, -0.2) is 97.0 Å². The molecule has 25 heteroatoms. The van der Waals surface area contributed by atoms with Crippen LogP contribution in [-0.2, 0) is 45.5 Å². The van der Waals surface area contributed by atoms with Crippen LogP contribution in [0.25, 0.3) is 0 Å². The Labute approximate surface area is 358 Å². The third-order valence-corrected chi connectivity index (χ3v) is 12.0. The number of anilines is 1. The maximum Gasteiger partial charge on any atom is 0.435 e. The maximum atomic E-state index is 13.1. The minimum atomic E-state index is -5.06. The number of pyridine rings is 1. The Morgan fingerprint density at radius 1 is 1.10 bits per heavy atom. The molecule has 2 aliphatic heterocycles. The first-order chi connectivity index (χ1) is 29.0. The first kappa shape index (κ1) is 49.9. The minimum Gasteiger partial charge on any atom is -0.478 e. The van der Waals surface area contributed by atoms with Gasteiger partial charge in [0.1, 0.15) is 16.8 Å². The Kier molecular flexibility index (Phi) is 15.0. The van der Waals surface area contributed by atoms with Crippen LogP contribution in [0.2, 0.25) is 0 Å². The fourth-order valence-electron chi connectivity index (χ4n) is 6.75. The SMILES string of the molecule is CN(C)c1nc(=O)n(C2CCCCC2)c(=O)n1C.Cc1cnc(C2=NC(C)(C(C)C)C(=O)N2)c(C(=O)O)c1.Cn1nc(C(F)(F)F)c(CS(=O)(=O)C2=NOC(C)(C)C2)c1OC(F)F. The van der Waals surface area contributed by atoms with Gasteiger partial charge in [-0.2, -0.15) is 32.0 Å². The maximum absolute atomic E-state index is 13.1. The van der Waals surface area contributed by atoms with Crippen molar-refractivity contribution >= 4 is 38.5 Å². The zero-order valence-electron chi connectivity index (χ0n) is 36.4. The molecule has 0 saturated heterocycles. The smallest absolute Gasteiger partial charge is 0.435 e. The lowest BCUT2D eigenvalue weighted by atomic mass is 9.89. The van der Waals surface area contributed by atoms with E-state index in [1.165, 1.54) is 35.5 Å². The number of amidine groups is 1. The zero-order chi connectivity index (χ0) is 47.6. The van der Waals surface area contributed by atoms with Crippen molar-refractivity contribution in [2.24, 2.45) is 30.2 Å². The molecule has 0 bridgehead atoms. The number of hydrogen-bond donors (Lipinski definition) is 2. The minimum absolute atomic E-state index is 0.00118. The van der Waals surface area contributed by atoms with E-state index in [0.29, 0.717) is 10.6 Å². The Balaban J connectivity index is 0.000000211. The molecule has 0 radical (unpaired) electrons. The molecule has 5 heterocycles. The number of sulfone groups is 1. The van der Waals surface area contributed by atoms with Crippen LogP contribution in [0.3, 0.4) is 0 Å². The highest BCUT2D eigenvalue weighted by Gasteiger charge is 2.45. The molecule has 0 aromatic carbocycles. The summed E-state index contributed by atoms with van der Waals surface area (Å²) in [5.74, 6) is -2.94. The lowest BCUT2D eigenvalue weighted by Crippen LogP contribution is -2.45.